The summed E-state index contributed by atoms with van der Waals surface area (Å²) in [4.78, 5) is 11.9. The lowest BCUT2D eigenvalue weighted by Crippen LogP contribution is -2.14. The Morgan fingerprint density at radius 2 is 2.00 bits per heavy atom. The van der Waals surface area contributed by atoms with Gasteiger partial charge in [0, 0.05) is 11.8 Å². The quantitative estimate of drug-likeness (QED) is 0.563. The summed E-state index contributed by atoms with van der Waals surface area (Å²) in [6.45, 7) is 6.56. The fourth-order valence-corrected chi connectivity index (χ4v) is 2.39. The summed E-state index contributed by atoms with van der Waals surface area (Å²) in [6, 6.07) is 0. The van der Waals surface area contributed by atoms with E-state index in [0.717, 1.165) is 19.3 Å². The first-order valence-electron chi connectivity index (χ1n) is 6.18. The van der Waals surface area contributed by atoms with Crippen molar-refractivity contribution in [1.29, 1.82) is 0 Å². The Balaban J connectivity index is 2.17. The lowest BCUT2D eigenvalue weighted by Gasteiger charge is -2.08. The number of unbranched alkanes of at least 4 members (excludes halogenated alkanes) is 3. The Labute approximate surface area is 88.3 Å². The molecule has 0 bridgehead atoms. The van der Waals surface area contributed by atoms with E-state index in [1.807, 2.05) is 0 Å². The molecule has 1 rings (SSSR count). The van der Waals surface area contributed by atoms with Crippen molar-refractivity contribution in [2.45, 2.75) is 65.7 Å². The SMILES string of the molecule is CCCCCCC(=O)C1(C)CC1CC. The fraction of sp³-hybridized carbons (Fsp3) is 0.923. The molecule has 1 fully saturated rings. The van der Waals surface area contributed by atoms with Gasteiger partial charge in [0.15, 0.2) is 0 Å². The first kappa shape index (κ1) is 11.7. The van der Waals surface area contributed by atoms with Gasteiger partial charge in [0.25, 0.3) is 0 Å². The molecule has 2 atom stereocenters. The smallest absolute Gasteiger partial charge is 0.139 e. The van der Waals surface area contributed by atoms with Crippen molar-refractivity contribution in [2.75, 3.05) is 0 Å². The van der Waals surface area contributed by atoms with Gasteiger partial charge in [-0.3, -0.25) is 4.79 Å². The summed E-state index contributed by atoms with van der Waals surface area (Å²) in [5.41, 5.74) is 0.0843. The van der Waals surface area contributed by atoms with Crippen molar-refractivity contribution in [3.63, 3.8) is 0 Å². The molecule has 0 aromatic rings. The molecule has 1 aliphatic carbocycles. The number of hydrogen-bond donors (Lipinski definition) is 0. The number of ketones is 1. The molecule has 14 heavy (non-hydrogen) atoms. The Morgan fingerprint density at radius 1 is 1.29 bits per heavy atom. The molecule has 0 amide bonds. The molecular weight excluding hydrogens is 172 g/mol. The summed E-state index contributed by atoms with van der Waals surface area (Å²) >= 11 is 0. The van der Waals surface area contributed by atoms with E-state index in [-0.39, 0.29) is 5.41 Å². The highest BCUT2D eigenvalue weighted by atomic mass is 16.1. The van der Waals surface area contributed by atoms with Gasteiger partial charge in [-0.2, -0.15) is 0 Å². The van der Waals surface area contributed by atoms with Gasteiger partial charge in [-0.05, 0) is 18.8 Å². The van der Waals surface area contributed by atoms with Crippen LogP contribution in [0.4, 0.5) is 0 Å². The van der Waals surface area contributed by atoms with E-state index in [0.29, 0.717) is 11.7 Å². The number of carbonyl (C=O) groups excluding carboxylic acids is 1. The fourth-order valence-electron chi connectivity index (χ4n) is 2.39. The van der Waals surface area contributed by atoms with Crippen LogP contribution >= 0.6 is 0 Å². The highest BCUT2D eigenvalue weighted by Crippen LogP contribution is 2.55. The number of carbonyl (C=O) groups is 1. The Hall–Kier alpha value is -0.330. The molecule has 0 aromatic heterocycles. The van der Waals surface area contributed by atoms with Crippen LogP contribution in [0.1, 0.15) is 65.7 Å². The van der Waals surface area contributed by atoms with Crippen LogP contribution in [0.15, 0.2) is 0 Å². The average molecular weight is 196 g/mol. The zero-order chi connectivity index (χ0) is 10.6. The lowest BCUT2D eigenvalue weighted by molar-refractivity contribution is -0.124. The minimum absolute atomic E-state index is 0.0843. The second kappa shape index (κ2) is 4.95. The summed E-state index contributed by atoms with van der Waals surface area (Å²) < 4.78 is 0. The maximum atomic E-state index is 11.9. The minimum Gasteiger partial charge on any atom is -0.299 e. The van der Waals surface area contributed by atoms with Crippen LogP contribution in [-0.2, 0) is 4.79 Å². The van der Waals surface area contributed by atoms with Gasteiger partial charge in [-0.1, -0.05) is 46.5 Å². The maximum Gasteiger partial charge on any atom is 0.139 e. The van der Waals surface area contributed by atoms with Crippen LogP contribution in [0, 0.1) is 11.3 Å². The van der Waals surface area contributed by atoms with Crippen LogP contribution in [0.2, 0.25) is 0 Å². The first-order chi connectivity index (χ1) is 6.65. The van der Waals surface area contributed by atoms with E-state index in [2.05, 4.69) is 20.8 Å². The average Bonchev–Trinajstić information content (AvgIpc) is 2.86. The first-order valence-corrected chi connectivity index (χ1v) is 6.18. The molecule has 1 nitrogen and oxygen atoms in total. The van der Waals surface area contributed by atoms with Gasteiger partial charge in [-0.25, -0.2) is 0 Å². The molecule has 2 unspecified atom stereocenters. The van der Waals surface area contributed by atoms with Crippen LogP contribution in [-0.4, -0.2) is 5.78 Å². The van der Waals surface area contributed by atoms with E-state index >= 15 is 0 Å². The van der Waals surface area contributed by atoms with Gasteiger partial charge >= 0.3 is 0 Å². The predicted molar refractivity (Wildman–Crippen MR) is 60.3 cm³/mol. The van der Waals surface area contributed by atoms with Gasteiger partial charge in [0.1, 0.15) is 5.78 Å². The minimum atomic E-state index is 0.0843. The van der Waals surface area contributed by atoms with Gasteiger partial charge in [-0.15, -0.1) is 0 Å². The summed E-state index contributed by atoms with van der Waals surface area (Å²) in [5.74, 6) is 1.22. The molecule has 0 N–H and O–H groups in total. The molecular formula is C13H24O. The van der Waals surface area contributed by atoms with E-state index in [9.17, 15) is 4.79 Å². The Kier molecular flexibility index (Phi) is 4.15. The maximum absolute atomic E-state index is 11.9. The molecule has 82 valence electrons. The van der Waals surface area contributed by atoms with Gasteiger partial charge in [0.2, 0.25) is 0 Å². The zero-order valence-electron chi connectivity index (χ0n) is 9.94. The highest BCUT2D eigenvalue weighted by molar-refractivity contribution is 5.87. The Bertz CT molecular complexity index is 197. The van der Waals surface area contributed by atoms with E-state index < -0.39 is 0 Å². The third-order valence-electron chi connectivity index (χ3n) is 3.80. The van der Waals surface area contributed by atoms with Crippen LogP contribution in [0.3, 0.4) is 0 Å². The molecule has 1 saturated carbocycles. The molecule has 0 heterocycles. The molecule has 0 radical (unpaired) electrons. The monoisotopic (exact) mass is 196 g/mol. The molecule has 0 aromatic carbocycles. The topological polar surface area (TPSA) is 17.1 Å². The summed E-state index contributed by atoms with van der Waals surface area (Å²) in [6.07, 6.45) is 8.03. The second-order valence-corrected chi connectivity index (χ2v) is 4.96. The largest absolute Gasteiger partial charge is 0.299 e. The predicted octanol–water partition coefficient (Wildman–Crippen LogP) is 3.96. The molecule has 1 aliphatic rings. The third kappa shape index (κ3) is 2.59. The molecule has 1 heteroatoms. The van der Waals surface area contributed by atoms with Crippen molar-refractivity contribution >= 4 is 5.78 Å². The molecule has 0 spiro atoms. The van der Waals surface area contributed by atoms with Crippen molar-refractivity contribution in [1.82, 2.24) is 0 Å². The van der Waals surface area contributed by atoms with E-state index in [1.54, 1.807) is 0 Å². The van der Waals surface area contributed by atoms with Crippen LogP contribution in [0.25, 0.3) is 0 Å². The van der Waals surface area contributed by atoms with Crippen molar-refractivity contribution in [2.24, 2.45) is 11.3 Å². The number of Topliss-reactive ketones (excluding diaryl/α,β-unsaturated/α-hetero) is 1. The van der Waals surface area contributed by atoms with Crippen molar-refractivity contribution < 1.29 is 4.79 Å². The summed E-state index contributed by atoms with van der Waals surface area (Å²) in [7, 11) is 0. The third-order valence-corrected chi connectivity index (χ3v) is 3.80. The number of hydrogen-bond acceptors (Lipinski definition) is 1. The molecule has 0 aliphatic heterocycles. The summed E-state index contributed by atoms with van der Waals surface area (Å²) in [5, 5.41) is 0. The highest BCUT2D eigenvalue weighted by Gasteiger charge is 2.53. The normalized spacial score (nSPS) is 30.4. The van der Waals surface area contributed by atoms with Crippen molar-refractivity contribution in [3.05, 3.63) is 0 Å². The van der Waals surface area contributed by atoms with E-state index in [4.69, 9.17) is 0 Å². The second-order valence-electron chi connectivity index (χ2n) is 4.96. The van der Waals surface area contributed by atoms with E-state index in [1.165, 1.54) is 25.7 Å². The number of rotatable bonds is 7. The zero-order valence-corrected chi connectivity index (χ0v) is 9.94. The van der Waals surface area contributed by atoms with Crippen LogP contribution in [0.5, 0.6) is 0 Å². The Morgan fingerprint density at radius 3 is 2.50 bits per heavy atom. The van der Waals surface area contributed by atoms with Crippen molar-refractivity contribution in [3.8, 4) is 0 Å². The standard InChI is InChI=1S/C13H24O/c1-4-6-7-8-9-12(14)13(3)10-11(13)5-2/h11H,4-10H2,1-3H3. The molecule has 0 saturated heterocycles. The van der Waals surface area contributed by atoms with Gasteiger partial charge in [0.05, 0.1) is 0 Å². The van der Waals surface area contributed by atoms with Crippen LogP contribution < -0.4 is 0 Å². The van der Waals surface area contributed by atoms with Gasteiger partial charge < -0.3 is 0 Å². The lowest BCUT2D eigenvalue weighted by atomic mass is 9.95.